The number of aliphatic hydroxyl groups is 9. The smallest absolute Gasteiger partial charge is 0.237 e. The highest BCUT2D eigenvalue weighted by atomic mass is 16.7. The summed E-state index contributed by atoms with van der Waals surface area (Å²) >= 11 is 0. The van der Waals surface area contributed by atoms with Crippen molar-refractivity contribution in [2.45, 2.75) is 163 Å². The fraction of sp³-hybridized carbons (Fsp3) is 0.854. The molecule has 3 fully saturated rings. The molecule has 0 bridgehead atoms. The van der Waals surface area contributed by atoms with Gasteiger partial charge >= 0.3 is 0 Å². The number of rotatable bonds is 38. The van der Waals surface area contributed by atoms with Gasteiger partial charge in [0.05, 0.1) is 84.8 Å². The Bertz CT molecular complexity index is 1880. The van der Waals surface area contributed by atoms with E-state index in [1.165, 1.54) is 27.8 Å². The molecule has 17 unspecified atom stereocenters. The predicted octanol–water partition coefficient (Wildman–Crippen LogP) is -8.87. The van der Waals surface area contributed by atoms with Crippen LogP contribution >= 0.6 is 0 Å². The Kier molecular flexibility index (Phi) is 33.0. The van der Waals surface area contributed by atoms with Crippen LogP contribution in [0.25, 0.3) is 0 Å². The van der Waals surface area contributed by atoms with Crippen molar-refractivity contribution < 1.29 is 122 Å². The van der Waals surface area contributed by atoms with Crippen molar-refractivity contribution in [2.75, 3.05) is 99.4 Å². The van der Waals surface area contributed by atoms with E-state index in [0.29, 0.717) is 0 Å². The lowest BCUT2D eigenvalue weighted by Crippen LogP contribution is -2.64. The summed E-state index contributed by atoms with van der Waals surface area (Å²) in [6.07, 6.45) is -16.5. The van der Waals surface area contributed by atoms with Crippen LogP contribution in [0.3, 0.4) is 0 Å². The molecule has 32 nitrogen and oxygen atoms in total. The molecule has 0 aromatic heterocycles. The number of hydrogen-bond acceptors (Lipinski definition) is 26. The molecule has 0 radical (unpaired) electrons. The van der Waals surface area contributed by atoms with E-state index in [9.17, 15) is 79.5 Å². The van der Waals surface area contributed by atoms with E-state index in [4.69, 9.17) is 42.6 Å². The molecule has 3 heterocycles. The van der Waals surface area contributed by atoms with Gasteiger partial charge in [-0.1, -0.05) is 0 Å². The second kappa shape index (κ2) is 37.8. The molecule has 17 atom stereocenters. The maximum Gasteiger partial charge on any atom is 0.237 e. The molecule has 80 heavy (non-hydrogen) atoms. The minimum absolute atomic E-state index is 0.00379. The molecule has 0 spiro atoms. The first-order valence-electron chi connectivity index (χ1n) is 26.5. The first-order valence-corrected chi connectivity index (χ1v) is 26.5. The minimum atomic E-state index is -1.50. The van der Waals surface area contributed by atoms with Crippen molar-refractivity contribution in [3.63, 3.8) is 0 Å². The van der Waals surface area contributed by atoms with Crippen LogP contribution in [0.4, 0.5) is 0 Å². The van der Waals surface area contributed by atoms with Gasteiger partial charge in [-0.25, -0.2) is 0 Å². The van der Waals surface area contributed by atoms with Crippen LogP contribution in [0.2, 0.25) is 0 Å². The SMILES string of the molecule is CNC(CCC(=O)NC(CCC(=O)NCCOCCOC1OC(CO)C(O)C(O)C1NC(C)=O)C(=O)CCCOCCOC1OC(CO)C(O)C(O)C1NC(C)=O)C(=O)NCCOCCOC1OC(CO)C(O)C(O)C1NC(C)=O. The number of carbonyl (C=O) groups is 7. The van der Waals surface area contributed by atoms with Gasteiger partial charge < -0.3 is 126 Å². The van der Waals surface area contributed by atoms with Gasteiger partial charge in [-0.05, 0) is 26.3 Å². The Morgan fingerprint density at radius 1 is 0.463 bits per heavy atom. The minimum Gasteiger partial charge on any atom is -0.394 e. The molecule has 462 valence electrons. The molecule has 32 heteroatoms. The number of amides is 6. The summed E-state index contributed by atoms with van der Waals surface area (Å²) in [6, 6.07) is -5.38. The maximum atomic E-state index is 13.6. The van der Waals surface area contributed by atoms with Crippen LogP contribution in [0.1, 0.15) is 59.3 Å². The zero-order chi connectivity index (χ0) is 59.3. The van der Waals surface area contributed by atoms with Gasteiger partial charge in [0.1, 0.15) is 73.1 Å². The highest BCUT2D eigenvalue weighted by Gasteiger charge is 2.48. The summed E-state index contributed by atoms with van der Waals surface area (Å²) in [5, 5.41) is 109. The normalized spacial score (nSPS) is 29.4. The van der Waals surface area contributed by atoms with Crippen LogP contribution < -0.4 is 37.2 Å². The highest BCUT2D eigenvalue weighted by Crippen LogP contribution is 2.25. The molecule has 3 aliphatic rings. The van der Waals surface area contributed by atoms with E-state index in [1.54, 1.807) is 0 Å². The largest absolute Gasteiger partial charge is 0.394 e. The first kappa shape index (κ1) is 70.0. The summed E-state index contributed by atoms with van der Waals surface area (Å²) in [4.78, 5) is 87.8. The third-order valence-electron chi connectivity index (χ3n) is 12.8. The Morgan fingerprint density at radius 3 is 1.23 bits per heavy atom. The monoisotopic (exact) mass is 1160 g/mol. The molecule has 0 aromatic carbocycles. The average molecular weight is 1160 g/mol. The lowest BCUT2D eigenvalue weighted by atomic mass is 9.97. The van der Waals surface area contributed by atoms with Crippen LogP contribution in [0, 0.1) is 0 Å². The van der Waals surface area contributed by atoms with Gasteiger partial charge in [-0.15, -0.1) is 0 Å². The van der Waals surface area contributed by atoms with Crippen molar-refractivity contribution in [3.8, 4) is 0 Å². The molecule has 6 amide bonds. The standard InChI is InChI=1S/C48H85N7O25/c1-25(59)52-36-42(68)39(65)31(22-56)78-46(36)75-19-16-72-13-5-6-30(62)28(7-9-34(63)50-11-14-73-17-20-76-47-37(53-26(2)60)43(69)40(66)32(23-57)79-47)55-35(64)10-8-29(49-4)45(71)51-12-15-74-18-21-77-48-38(54-27(3)61)44(70)41(67)33(24-58)80-48/h28-29,31-33,36-44,46-49,56-58,65-70H,5-24H2,1-4H3,(H,50,63)(H,51,71)(H,52,59)(H,53,60)(H,54,61)(H,55,64). The van der Waals surface area contributed by atoms with Gasteiger partial charge in [0.2, 0.25) is 35.4 Å². The van der Waals surface area contributed by atoms with Crippen molar-refractivity contribution in [1.29, 1.82) is 0 Å². The molecule has 3 aliphatic heterocycles. The van der Waals surface area contributed by atoms with Gasteiger partial charge in [-0.2, -0.15) is 0 Å². The summed E-state index contributed by atoms with van der Waals surface area (Å²) in [5.74, 6) is -3.49. The average Bonchev–Trinajstić information content (AvgIpc) is 3.51. The number of likely N-dealkylation sites (N-methyl/N-ethyl adjacent to an activating group) is 1. The van der Waals surface area contributed by atoms with Crippen LogP contribution in [0.15, 0.2) is 0 Å². The molecule has 0 saturated carbocycles. The highest BCUT2D eigenvalue weighted by molar-refractivity contribution is 5.90. The first-order chi connectivity index (χ1) is 38.2. The molecule has 3 rings (SSSR count). The van der Waals surface area contributed by atoms with Crippen molar-refractivity contribution in [3.05, 3.63) is 0 Å². The third kappa shape index (κ3) is 23.9. The Morgan fingerprint density at radius 2 is 0.838 bits per heavy atom. The fourth-order valence-corrected chi connectivity index (χ4v) is 8.60. The second-order valence-electron chi connectivity index (χ2n) is 19.0. The summed E-state index contributed by atoms with van der Waals surface area (Å²) < 4.78 is 50.0. The molecular weight excluding hydrogens is 1070 g/mol. The predicted molar refractivity (Wildman–Crippen MR) is 270 cm³/mol. The van der Waals surface area contributed by atoms with Crippen molar-refractivity contribution in [2.24, 2.45) is 0 Å². The fourth-order valence-electron chi connectivity index (χ4n) is 8.60. The third-order valence-corrected chi connectivity index (χ3v) is 12.8. The second-order valence-corrected chi connectivity index (χ2v) is 19.0. The number of ether oxygens (including phenoxy) is 9. The van der Waals surface area contributed by atoms with Gasteiger partial charge in [0.25, 0.3) is 0 Å². The summed E-state index contributed by atoms with van der Waals surface area (Å²) in [6.45, 7) is 1.62. The number of ketones is 1. The van der Waals surface area contributed by atoms with E-state index < -0.39 is 165 Å². The number of aliphatic hydroxyl groups excluding tert-OH is 9. The molecule has 3 saturated heterocycles. The topological polar surface area (TPSA) is 469 Å². The lowest BCUT2D eigenvalue weighted by Gasteiger charge is -2.42. The van der Waals surface area contributed by atoms with Gasteiger partial charge in [-0.3, -0.25) is 33.6 Å². The number of carbonyl (C=O) groups excluding carboxylic acids is 7. The molecule has 16 N–H and O–H groups in total. The van der Waals surface area contributed by atoms with E-state index in [-0.39, 0.29) is 111 Å². The van der Waals surface area contributed by atoms with Crippen LogP contribution in [0.5, 0.6) is 0 Å². The summed E-state index contributed by atoms with van der Waals surface area (Å²) in [7, 11) is 1.52. The zero-order valence-electron chi connectivity index (χ0n) is 45.5. The van der Waals surface area contributed by atoms with E-state index in [2.05, 4.69) is 37.2 Å². The van der Waals surface area contributed by atoms with E-state index in [0.717, 1.165) is 0 Å². The lowest BCUT2D eigenvalue weighted by molar-refractivity contribution is -0.272. The molecule has 0 aliphatic carbocycles. The number of hydrogen-bond donors (Lipinski definition) is 16. The summed E-state index contributed by atoms with van der Waals surface area (Å²) in [5.41, 5.74) is 0. The number of nitrogens with one attached hydrogen (secondary N) is 7. The van der Waals surface area contributed by atoms with E-state index >= 15 is 0 Å². The zero-order valence-corrected chi connectivity index (χ0v) is 45.5. The Hall–Kier alpha value is -4.27. The maximum absolute atomic E-state index is 13.6. The Balaban J connectivity index is 1.47. The van der Waals surface area contributed by atoms with Crippen molar-refractivity contribution >= 4 is 41.2 Å². The number of Topliss-reactive ketones (excluding diaryl/α,β-unsaturated/α-hetero) is 1. The van der Waals surface area contributed by atoms with Crippen LogP contribution in [-0.2, 0) is 76.2 Å². The molecular formula is C48H85N7O25. The Labute approximate surface area is 462 Å². The van der Waals surface area contributed by atoms with Crippen molar-refractivity contribution in [1.82, 2.24) is 37.2 Å². The van der Waals surface area contributed by atoms with Crippen LogP contribution in [-0.4, -0.2) is 291 Å². The van der Waals surface area contributed by atoms with Gasteiger partial charge in [0, 0.05) is 59.7 Å². The van der Waals surface area contributed by atoms with Gasteiger partial charge in [0.15, 0.2) is 24.7 Å². The van der Waals surface area contributed by atoms with E-state index in [1.807, 2.05) is 0 Å². The molecule has 0 aromatic rings. The quantitative estimate of drug-likeness (QED) is 0.0255.